The molecule has 0 N–H and O–H groups in total. The fourth-order valence-corrected chi connectivity index (χ4v) is 19.0. The van der Waals surface area contributed by atoms with Crippen LogP contribution in [0.1, 0.15) is 231 Å². The van der Waals surface area contributed by atoms with Crippen molar-refractivity contribution in [3.8, 4) is 45.0 Å². The molecule has 8 amide bonds. The number of carbonyl (C=O) groups is 8. The minimum atomic E-state index is -1.05. The zero-order valence-corrected chi connectivity index (χ0v) is 85.0. The van der Waals surface area contributed by atoms with Gasteiger partial charge in [-0.05, 0) is 242 Å². The zero-order chi connectivity index (χ0) is 105. The smallest absolute Gasteiger partial charge is 0.275 e. The number of allylic oxidation sites excluding steroid dienone is 1. The largest absolute Gasteiger partial charge is 0.335 e. The third kappa shape index (κ3) is 21.5. The number of halogens is 4. The van der Waals surface area contributed by atoms with E-state index in [0.717, 1.165) is 50.2 Å². The van der Waals surface area contributed by atoms with Crippen molar-refractivity contribution in [2.75, 3.05) is 78.5 Å². The van der Waals surface area contributed by atoms with Crippen molar-refractivity contribution < 1.29 is 55.9 Å². The van der Waals surface area contributed by atoms with Crippen molar-refractivity contribution in [2.45, 2.75) is 163 Å². The minimum Gasteiger partial charge on any atom is -0.335 e. The second kappa shape index (κ2) is 41.0. The number of rotatable bonds is 15. The number of piperazine rings is 4. The monoisotopic (exact) mass is 1990 g/mol. The third-order valence-corrected chi connectivity index (χ3v) is 27.0. The Hall–Kier alpha value is -16.4. The predicted molar refractivity (Wildman–Crippen MR) is 546 cm³/mol. The molecule has 4 saturated heterocycles. The number of aliphatic imine (C=N–C) groups is 1. The summed E-state index contributed by atoms with van der Waals surface area (Å²) in [6.45, 7) is 38.5. The van der Waals surface area contributed by atoms with Gasteiger partial charge in [0.1, 0.15) is 51.6 Å². The molecule has 147 heavy (non-hydrogen) atoms. The Labute approximate surface area is 847 Å². The van der Waals surface area contributed by atoms with Gasteiger partial charge in [0, 0.05) is 159 Å². The van der Waals surface area contributed by atoms with Crippen LogP contribution in [-0.2, 0) is 10.2 Å². The average molecular weight is 1990 g/mol. The standard InChI is InChI=1S/2C28H29FN6O2.C27H28FN7O2.C27H29FN6O2/c1-18(2)22-15-23(19-5-7-21(29)8-6-19)32-35-16-24(31-25(22)35)27(37)34-14-13-33(17-28(34,3)4)26(36)20-9-11-30-12-10-20;1-18(2)22-14-23(19-7-9-21(29)10-8-19)32-35-16-24(31-25(22)35)27(37)34-13-12-33(17-28(34,3)4)26(36)20-6-5-11-30-15-20;1-17(2)20-14-22(18-7-9-19(28)10-8-18)32-35-15-23(30-24(20)35)26(37)34-13-12-33(16-27(34,3)4)25(36)21-6-5-11-29-31-21;1-26(2,3)20-14-21(17-6-8-18(28)9-7-17)31-34-16-22(30-23(20)34)24(35)33-13-12-32(19-10-11-29-15-19)25(36)27(33,4)5/h5-12,15-16,18H,13-14,17H2,1-4H3;5-11,14-16,18H,12-13,17H2,1-4H3;5-11,14-15,17H,12-13,16H2,1-4H3;6-10,14-16H,11-13H2,1-5H3. The highest BCUT2D eigenvalue weighted by atomic mass is 19.1. The molecular weight excluding hydrogens is 1880 g/mol. The molecule has 33 nitrogen and oxygen atoms in total. The second-order valence-corrected chi connectivity index (χ2v) is 41.4. The summed E-state index contributed by atoms with van der Waals surface area (Å²) in [6.07, 6.45) is 18.1. The van der Waals surface area contributed by atoms with Crippen LogP contribution in [0.5, 0.6) is 0 Å². The highest BCUT2D eigenvalue weighted by molar-refractivity contribution is 6.02. The van der Waals surface area contributed by atoms with Crippen LogP contribution in [0.3, 0.4) is 0 Å². The molecule has 4 fully saturated rings. The van der Waals surface area contributed by atoms with Crippen LogP contribution in [-0.4, -0.2) is 272 Å². The van der Waals surface area contributed by atoms with Gasteiger partial charge in [-0.3, -0.25) is 53.3 Å². The fraction of sp³-hybridized carbons (Fsp3) is 0.336. The number of aromatic nitrogens is 16. The molecule has 0 atom stereocenters. The number of benzene rings is 4. The summed E-state index contributed by atoms with van der Waals surface area (Å²) in [5, 5.41) is 26.4. The van der Waals surface area contributed by atoms with Crippen molar-refractivity contribution in [2.24, 2.45) is 4.99 Å². The van der Waals surface area contributed by atoms with Crippen LogP contribution < -0.4 is 0 Å². The fourth-order valence-electron chi connectivity index (χ4n) is 19.0. The molecule has 0 saturated carbocycles. The Morgan fingerprint density at radius 3 is 1.07 bits per heavy atom. The summed E-state index contributed by atoms with van der Waals surface area (Å²) >= 11 is 0. The normalized spacial score (nSPS) is 16.0. The molecule has 0 unspecified atom stereocenters. The molecule has 20 rings (SSSR count). The summed E-state index contributed by atoms with van der Waals surface area (Å²) in [5.74, 6) is -2.35. The molecule has 15 aromatic rings. The lowest BCUT2D eigenvalue weighted by Gasteiger charge is -2.46. The summed E-state index contributed by atoms with van der Waals surface area (Å²) in [5.41, 5.74) is 12.0. The molecule has 37 heteroatoms. The SMILES string of the molecule is CC(C)(C)c1cc(-c2ccc(F)cc2)nn2cc(C(=O)N3CCN(C4=CCN=C4)C(=O)C3(C)C)nc12.CC(C)c1cc(-c2ccc(F)cc2)nn2cc(C(=O)N3CCN(C(=O)c4cccnc4)CC3(C)C)nc12.CC(C)c1cc(-c2ccc(F)cc2)nn2cc(C(=O)N3CCN(C(=O)c4cccnn4)CC3(C)C)nc12.CC(C)c1cc(-c2ccc(F)cc2)nn2cc(C(=O)N3CCN(C(=O)c4ccncc4)CC3(C)C)nc12. The lowest BCUT2D eigenvalue weighted by atomic mass is 9.87. The molecule has 5 aliphatic rings. The molecule has 0 radical (unpaired) electrons. The summed E-state index contributed by atoms with van der Waals surface area (Å²) in [4.78, 5) is 152. The Balaban J connectivity index is 0.000000134. The average Bonchev–Trinajstić information content (AvgIpc) is 1.74. The Morgan fingerprint density at radius 2 is 0.721 bits per heavy atom. The minimum absolute atomic E-state index is 0.0746. The molecule has 756 valence electrons. The van der Waals surface area contributed by atoms with Crippen LogP contribution >= 0.6 is 0 Å². The molecule has 0 bridgehead atoms. The van der Waals surface area contributed by atoms with E-state index in [1.54, 1.807) is 212 Å². The van der Waals surface area contributed by atoms with Crippen LogP contribution in [0.2, 0.25) is 0 Å². The number of hydrogen-bond acceptors (Lipinski definition) is 21. The third-order valence-electron chi connectivity index (χ3n) is 27.0. The van der Waals surface area contributed by atoms with E-state index in [9.17, 15) is 55.9 Å². The van der Waals surface area contributed by atoms with Gasteiger partial charge >= 0.3 is 0 Å². The van der Waals surface area contributed by atoms with E-state index in [0.29, 0.717) is 146 Å². The van der Waals surface area contributed by atoms with Gasteiger partial charge in [0.05, 0.1) is 82.0 Å². The van der Waals surface area contributed by atoms with Gasteiger partial charge in [0.2, 0.25) is 0 Å². The van der Waals surface area contributed by atoms with Gasteiger partial charge in [-0.25, -0.2) is 55.6 Å². The molecule has 0 aliphatic carbocycles. The summed E-state index contributed by atoms with van der Waals surface area (Å²) < 4.78 is 60.3. The van der Waals surface area contributed by atoms with Crippen LogP contribution in [0.4, 0.5) is 17.6 Å². The van der Waals surface area contributed by atoms with E-state index < -0.39 is 22.2 Å². The first-order valence-electron chi connectivity index (χ1n) is 48.8. The van der Waals surface area contributed by atoms with Gasteiger partial charge in [-0.15, -0.1) is 5.10 Å². The second-order valence-electron chi connectivity index (χ2n) is 41.4. The number of nitrogens with zero attached hydrogens (tertiary/aromatic N) is 25. The van der Waals surface area contributed by atoms with Gasteiger partial charge in [-0.2, -0.15) is 25.5 Å². The van der Waals surface area contributed by atoms with Crippen molar-refractivity contribution in [1.82, 2.24) is 118 Å². The van der Waals surface area contributed by atoms with Gasteiger partial charge in [0.25, 0.3) is 47.3 Å². The van der Waals surface area contributed by atoms with Gasteiger partial charge in [-0.1, -0.05) is 62.3 Å². The van der Waals surface area contributed by atoms with E-state index in [4.69, 9.17) is 0 Å². The Bertz CT molecular complexity index is 7080. The Morgan fingerprint density at radius 1 is 0.367 bits per heavy atom. The first-order valence-corrected chi connectivity index (χ1v) is 48.8. The highest BCUT2D eigenvalue weighted by Crippen LogP contribution is 2.38. The molecule has 0 spiro atoms. The van der Waals surface area contributed by atoms with E-state index >= 15 is 0 Å². The van der Waals surface area contributed by atoms with Crippen molar-refractivity contribution in [3.63, 3.8) is 0 Å². The molecule has 4 aromatic carbocycles. The topological polar surface area (TPSA) is 347 Å². The number of fused-ring (bicyclic) bond motifs is 4. The van der Waals surface area contributed by atoms with Gasteiger partial charge in [0.15, 0.2) is 28.3 Å². The van der Waals surface area contributed by atoms with Crippen LogP contribution in [0, 0.1) is 23.3 Å². The number of amides is 8. The predicted octanol–water partition coefficient (Wildman–Crippen LogP) is 16.6. The van der Waals surface area contributed by atoms with Crippen LogP contribution in [0.15, 0.2) is 230 Å². The van der Waals surface area contributed by atoms with Crippen LogP contribution in [0.25, 0.3) is 67.6 Å². The first-order chi connectivity index (χ1) is 69.9. The molecule has 16 heterocycles. The number of hydrogen-bond donors (Lipinski definition) is 0. The lowest BCUT2D eigenvalue weighted by molar-refractivity contribution is -0.143. The molecule has 11 aromatic heterocycles. The Kier molecular flexibility index (Phi) is 28.5. The maximum absolute atomic E-state index is 13.7. The van der Waals surface area contributed by atoms with E-state index in [1.165, 1.54) is 54.7 Å². The van der Waals surface area contributed by atoms with Crippen molar-refractivity contribution in [1.29, 1.82) is 0 Å². The van der Waals surface area contributed by atoms with E-state index in [2.05, 4.69) is 128 Å². The highest BCUT2D eigenvalue weighted by Gasteiger charge is 2.48. The van der Waals surface area contributed by atoms with Gasteiger partial charge < -0.3 is 39.2 Å². The number of pyridine rings is 2. The first kappa shape index (κ1) is 102. The van der Waals surface area contributed by atoms with Crippen molar-refractivity contribution >= 4 is 76.1 Å². The zero-order valence-electron chi connectivity index (χ0n) is 85.0. The van der Waals surface area contributed by atoms with E-state index in [1.807, 2.05) is 71.9 Å². The number of imidazole rings is 4. The maximum atomic E-state index is 13.7. The lowest BCUT2D eigenvalue weighted by Crippen LogP contribution is -2.64. The maximum Gasteiger partial charge on any atom is 0.275 e. The van der Waals surface area contributed by atoms with Crippen molar-refractivity contribution in [3.05, 3.63) is 310 Å². The number of carbonyl (C=O) groups excluding carboxylic acids is 8. The molecular formula is C110H115F4N25O8. The van der Waals surface area contributed by atoms with E-state index in [-0.39, 0.29) is 111 Å². The summed E-state index contributed by atoms with van der Waals surface area (Å²) in [7, 11) is 0. The quantitative estimate of drug-likeness (QED) is 0.0860. The molecule has 5 aliphatic heterocycles. The summed E-state index contributed by atoms with van der Waals surface area (Å²) in [6, 6.07) is 42.6.